The molecule has 1 aliphatic rings. The zero-order valence-corrected chi connectivity index (χ0v) is 20.8. The molecule has 0 unspecified atom stereocenters. The molecule has 8 nitrogen and oxygen atoms in total. The maximum absolute atomic E-state index is 14.4. The quantitative estimate of drug-likeness (QED) is 0.339. The zero-order valence-electron chi connectivity index (χ0n) is 20.8. The van der Waals surface area contributed by atoms with Gasteiger partial charge in [-0.1, -0.05) is 0 Å². The average Bonchev–Trinajstić information content (AvgIpc) is 3.26. The third-order valence-electron chi connectivity index (χ3n) is 6.74. The molecule has 0 aliphatic heterocycles. The number of hydrogen-bond acceptors (Lipinski definition) is 6. The molecular formula is C26H26F4N6O2. The molecule has 1 fully saturated rings. The molecule has 1 aliphatic carbocycles. The van der Waals surface area contributed by atoms with E-state index in [1.54, 1.807) is 25.5 Å². The van der Waals surface area contributed by atoms with E-state index in [4.69, 9.17) is 9.84 Å². The van der Waals surface area contributed by atoms with Crippen molar-refractivity contribution in [1.82, 2.24) is 24.3 Å². The Labute approximate surface area is 215 Å². The van der Waals surface area contributed by atoms with Crippen molar-refractivity contribution in [1.29, 1.82) is 0 Å². The molecule has 0 saturated heterocycles. The summed E-state index contributed by atoms with van der Waals surface area (Å²) in [4.78, 5) is 20.1. The van der Waals surface area contributed by atoms with Crippen molar-refractivity contribution in [3.05, 3.63) is 64.6 Å². The number of aromatic nitrogens is 5. The van der Waals surface area contributed by atoms with Gasteiger partial charge in [0.25, 0.3) is 5.88 Å². The maximum atomic E-state index is 14.4. The van der Waals surface area contributed by atoms with Gasteiger partial charge in [0.15, 0.2) is 5.82 Å². The first-order valence-electron chi connectivity index (χ1n) is 12.3. The number of nitrogens with one attached hydrogen (secondary N) is 1. The van der Waals surface area contributed by atoms with Crippen LogP contribution in [0, 0.1) is 5.82 Å². The van der Waals surface area contributed by atoms with Crippen LogP contribution in [0.2, 0.25) is 0 Å². The van der Waals surface area contributed by atoms with Crippen LogP contribution in [0.3, 0.4) is 0 Å². The number of anilines is 1. The molecule has 0 bridgehead atoms. The van der Waals surface area contributed by atoms with Gasteiger partial charge in [-0.15, -0.1) is 0 Å². The fourth-order valence-corrected chi connectivity index (χ4v) is 4.83. The number of pyridine rings is 3. The number of ether oxygens (including phenoxy) is 1. The van der Waals surface area contributed by atoms with Crippen molar-refractivity contribution in [3.63, 3.8) is 0 Å². The lowest BCUT2D eigenvalue weighted by Gasteiger charge is -2.29. The molecule has 4 aromatic rings. The molecule has 200 valence electrons. The molecule has 0 spiro atoms. The highest BCUT2D eigenvalue weighted by Crippen LogP contribution is 2.38. The van der Waals surface area contributed by atoms with Gasteiger partial charge in [-0.2, -0.15) is 18.3 Å². The first kappa shape index (κ1) is 25.7. The second-order valence-electron chi connectivity index (χ2n) is 9.30. The molecule has 1 saturated carbocycles. The molecule has 4 aromatic heterocycles. The van der Waals surface area contributed by atoms with E-state index in [9.17, 15) is 22.4 Å². The second-order valence-corrected chi connectivity index (χ2v) is 9.30. The largest absolute Gasteiger partial charge is 0.472 e. The summed E-state index contributed by atoms with van der Waals surface area (Å²) in [6.45, 7) is 2.67. The Balaban J connectivity index is 1.41. The summed E-state index contributed by atoms with van der Waals surface area (Å²) in [6.07, 6.45) is 1.31. The zero-order chi connectivity index (χ0) is 27.0. The third kappa shape index (κ3) is 4.94. The molecule has 38 heavy (non-hydrogen) atoms. The lowest BCUT2D eigenvalue weighted by Crippen LogP contribution is -2.27. The van der Waals surface area contributed by atoms with Crippen molar-refractivity contribution in [2.45, 2.75) is 50.9 Å². The normalized spacial score (nSPS) is 18.1. The van der Waals surface area contributed by atoms with Crippen LogP contribution in [0.1, 0.15) is 44.2 Å². The van der Waals surface area contributed by atoms with E-state index in [0.717, 1.165) is 22.7 Å². The Kier molecular flexibility index (Phi) is 6.80. The summed E-state index contributed by atoms with van der Waals surface area (Å²) in [7, 11) is 1.68. The van der Waals surface area contributed by atoms with Crippen molar-refractivity contribution in [2.75, 3.05) is 11.9 Å². The highest BCUT2D eigenvalue weighted by molar-refractivity contribution is 5.93. The van der Waals surface area contributed by atoms with E-state index >= 15 is 0 Å². The van der Waals surface area contributed by atoms with Gasteiger partial charge in [-0.25, -0.2) is 14.4 Å². The van der Waals surface area contributed by atoms with E-state index in [2.05, 4.69) is 15.3 Å². The minimum absolute atomic E-state index is 0.0187. The van der Waals surface area contributed by atoms with E-state index in [0.29, 0.717) is 49.8 Å². The Bertz CT molecular complexity index is 1520. The van der Waals surface area contributed by atoms with Crippen LogP contribution in [0.4, 0.5) is 23.4 Å². The number of hydrogen-bond donors (Lipinski definition) is 1. The molecule has 0 radical (unpaired) electrons. The number of rotatable bonds is 6. The molecule has 0 amide bonds. The van der Waals surface area contributed by atoms with Crippen LogP contribution in [0.5, 0.6) is 5.88 Å². The fourth-order valence-electron chi connectivity index (χ4n) is 4.83. The Morgan fingerprint density at radius 2 is 1.89 bits per heavy atom. The Morgan fingerprint density at radius 3 is 2.58 bits per heavy atom. The second kappa shape index (κ2) is 10.1. The standard InChI is InChI=1S/C26H26F4N6O2/c1-3-31-21-12-20-18(13-33-21)24(15-4-9-22(37)35(2)14-15)34-36(20)16-5-7-17(8-6-16)38-25-23(27)19(10-11-32-25)26(28,29)30/h4,9-14,16-17H,3,5-8H2,1-2H3,(H,31,33)/t16-,17+. The minimum atomic E-state index is -4.83. The molecule has 1 N–H and O–H groups in total. The maximum Gasteiger partial charge on any atom is 0.419 e. The number of halogens is 4. The van der Waals surface area contributed by atoms with Crippen LogP contribution in [-0.4, -0.2) is 37.0 Å². The fraction of sp³-hybridized carbons (Fsp3) is 0.385. The summed E-state index contributed by atoms with van der Waals surface area (Å²) in [5.74, 6) is -1.42. The highest BCUT2D eigenvalue weighted by Gasteiger charge is 2.36. The topological polar surface area (TPSA) is 86.9 Å². The van der Waals surface area contributed by atoms with Crippen LogP contribution < -0.4 is 15.6 Å². The van der Waals surface area contributed by atoms with Gasteiger partial charge in [0.1, 0.15) is 17.6 Å². The lowest BCUT2D eigenvalue weighted by atomic mass is 9.93. The molecule has 0 atom stereocenters. The summed E-state index contributed by atoms with van der Waals surface area (Å²) in [5, 5.41) is 8.95. The van der Waals surface area contributed by atoms with E-state index in [1.807, 2.05) is 17.7 Å². The number of aryl methyl sites for hydroxylation is 1. The minimum Gasteiger partial charge on any atom is -0.472 e. The summed E-state index contributed by atoms with van der Waals surface area (Å²) in [5.41, 5.74) is 0.816. The summed E-state index contributed by atoms with van der Waals surface area (Å²) in [6, 6.07) is 5.73. The third-order valence-corrected chi connectivity index (χ3v) is 6.74. The molecule has 12 heteroatoms. The van der Waals surface area contributed by atoms with Crippen LogP contribution in [-0.2, 0) is 13.2 Å². The molecule has 4 heterocycles. The van der Waals surface area contributed by atoms with Gasteiger partial charge < -0.3 is 14.6 Å². The first-order valence-corrected chi connectivity index (χ1v) is 12.3. The SMILES string of the molecule is CCNc1cc2c(cn1)c(-c1ccc(=O)n(C)c1)nn2[C@H]1CC[C@@H](Oc2nccc(C(F)(F)F)c2F)CC1. The smallest absolute Gasteiger partial charge is 0.419 e. The number of fused-ring (bicyclic) bond motifs is 1. The van der Waals surface area contributed by atoms with Crippen LogP contribution in [0.25, 0.3) is 22.2 Å². The van der Waals surface area contributed by atoms with Gasteiger partial charge in [-0.05, 0) is 44.7 Å². The summed E-state index contributed by atoms with van der Waals surface area (Å²) >= 11 is 0. The average molecular weight is 531 g/mol. The Hall–Kier alpha value is -3.96. The van der Waals surface area contributed by atoms with Crippen LogP contribution in [0.15, 0.2) is 47.7 Å². The van der Waals surface area contributed by atoms with Gasteiger partial charge in [0.2, 0.25) is 5.56 Å². The molecule has 5 rings (SSSR count). The molecule has 0 aromatic carbocycles. The highest BCUT2D eigenvalue weighted by atomic mass is 19.4. The van der Waals surface area contributed by atoms with Crippen molar-refractivity contribution in [2.24, 2.45) is 7.05 Å². The first-order chi connectivity index (χ1) is 18.2. The number of alkyl halides is 3. The van der Waals surface area contributed by atoms with E-state index < -0.39 is 29.5 Å². The van der Waals surface area contributed by atoms with E-state index in [1.165, 1.54) is 10.6 Å². The monoisotopic (exact) mass is 530 g/mol. The van der Waals surface area contributed by atoms with Crippen molar-refractivity contribution < 1.29 is 22.3 Å². The van der Waals surface area contributed by atoms with E-state index in [-0.39, 0.29) is 11.6 Å². The molecular weight excluding hydrogens is 504 g/mol. The van der Waals surface area contributed by atoms with Gasteiger partial charge in [-0.3, -0.25) is 9.48 Å². The van der Waals surface area contributed by atoms with Crippen molar-refractivity contribution in [3.8, 4) is 17.1 Å². The Morgan fingerprint density at radius 1 is 1.13 bits per heavy atom. The number of nitrogens with zero attached hydrogens (tertiary/aromatic N) is 5. The van der Waals surface area contributed by atoms with Gasteiger partial charge >= 0.3 is 6.18 Å². The van der Waals surface area contributed by atoms with Crippen LogP contribution >= 0.6 is 0 Å². The van der Waals surface area contributed by atoms with Gasteiger partial charge in [0.05, 0.1) is 17.1 Å². The predicted octanol–water partition coefficient (Wildman–Crippen LogP) is 5.34. The van der Waals surface area contributed by atoms with Gasteiger partial charge in [0, 0.05) is 55.3 Å². The predicted molar refractivity (Wildman–Crippen MR) is 133 cm³/mol. The lowest BCUT2D eigenvalue weighted by molar-refractivity contribution is -0.140. The van der Waals surface area contributed by atoms with Crippen molar-refractivity contribution >= 4 is 16.7 Å². The summed E-state index contributed by atoms with van der Waals surface area (Å²) < 4.78 is 62.6.